The van der Waals surface area contributed by atoms with E-state index in [9.17, 15) is 0 Å². The van der Waals surface area contributed by atoms with Crippen molar-refractivity contribution in [1.29, 1.82) is 0 Å². The van der Waals surface area contributed by atoms with Crippen LogP contribution in [0.3, 0.4) is 0 Å². The van der Waals surface area contributed by atoms with Crippen LogP contribution in [0.15, 0.2) is 48.0 Å². The molecule has 2 rings (SSSR count). The molecule has 1 aromatic heterocycles. The zero-order valence-corrected chi connectivity index (χ0v) is 18.8. The predicted octanol–water partition coefficient (Wildman–Crippen LogP) is 3.75. The van der Waals surface area contributed by atoms with Gasteiger partial charge in [0.25, 0.3) is 0 Å². The Morgan fingerprint density at radius 3 is 2.81 bits per heavy atom. The maximum atomic E-state index is 4.71. The molecule has 0 aliphatic heterocycles. The number of unbranched alkanes of at least 4 members (excludes halogenated alkanes) is 1. The summed E-state index contributed by atoms with van der Waals surface area (Å²) in [5, 5.41) is 6.73. The molecule has 0 saturated heterocycles. The van der Waals surface area contributed by atoms with Gasteiger partial charge in [-0.15, -0.1) is 24.0 Å². The molecule has 0 spiro atoms. The fraction of sp³-hybridized carbons (Fsp3) is 0.474. The van der Waals surface area contributed by atoms with Gasteiger partial charge in [-0.1, -0.05) is 24.3 Å². The number of nitrogens with one attached hydrogen (secondary N) is 2. The molecule has 0 radical (unpaired) electrons. The van der Waals surface area contributed by atoms with E-state index in [4.69, 9.17) is 4.99 Å². The number of benzene rings is 1. The van der Waals surface area contributed by atoms with Crippen molar-refractivity contribution in [2.24, 2.45) is 4.99 Å². The largest absolute Gasteiger partial charge is 0.357 e. The molecule has 26 heavy (non-hydrogen) atoms. The van der Waals surface area contributed by atoms with Crippen molar-refractivity contribution in [3.8, 4) is 0 Å². The van der Waals surface area contributed by atoms with Crippen LogP contribution in [0.25, 0.3) is 0 Å². The highest BCUT2D eigenvalue weighted by molar-refractivity contribution is 14.0. The van der Waals surface area contributed by atoms with Crippen LogP contribution in [0.5, 0.6) is 0 Å². The van der Waals surface area contributed by atoms with E-state index < -0.39 is 0 Å². The molecule has 0 amide bonds. The molecule has 1 heterocycles. The lowest BCUT2D eigenvalue weighted by atomic mass is 10.1. The van der Waals surface area contributed by atoms with Crippen LogP contribution in [0.4, 0.5) is 0 Å². The topological polar surface area (TPSA) is 54.2 Å². The van der Waals surface area contributed by atoms with Crippen LogP contribution < -0.4 is 10.6 Å². The summed E-state index contributed by atoms with van der Waals surface area (Å²) in [7, 11) is 0. The molecular formula is C19H30IN5S. The van der Waals surface area contributed by atoms with E-state index in [1.165, 1.54) is 29.7 Å². The number of aromatic nitrogens is 2. The summed E-state index contributed by atoms with van der Waals surface area (Å²) in [6.45, 7) is 5.45. The van der Waals surface area contributed by atoms with Gasteiger partial charge in [0.1, 0.15) is 0 Å². The van der Waals surface area contributed by atoms with Crippen molar-refractivity contribution in [2.75, 3.05) is 25.1 Å². The van der Waals surface area contributed by atoms with E-state index in [0.29, 0.717) is 6.54 Å². The molecule has 0 aliphatic rings. The summed E-state index contributed by atoms with van der Waals surface area (Å²) in [6, 6.07) is 8.58. The van der Waals surface area contributed by atoms with Crippen LogP contribution in [-0.4, -0.2) is 40.6 Å². The van der Waals surface area contributed by atoms with Gasteiger partial charge in [0.15, 0.2) is 5.96 Å². The van der Waals surface area contributed by atoms with Crippen molar-refractivity contribution >= 4 is 41.7 Å². The first kappa shape index (κ1) is 22.8. The van der Waals surface area contributed by atoms with Crippen molar-refractivity contribution < 1.29 is 0 Å². The lowest BCUT2D eigenvalue weighted by Gasteiger charge is -2.11. The number of rotatable bonds is 10. The fourth-order valence-electron chi connectivity index (χ4n) is 2.51. The van der Waals surface area contributed by atoms with Gasteiger partial charge in [0.2, 0.25) is 0 Å². The highest BCUT2D eigenvalue weighted by Gasteiger charge is 2.00. The minimum atomic E-state index is 0. The highest BCUT2D eigenvalue weighted by atomic mass is 127. The van der Waals surface area contributed by atoms with Gasteiger partial charge in [-0.05, 0) is 42.9 Å². The van der Waals surface area contributed by atoms with Gasteiger partial charge in [-0.25, -0.2) is 9.98 Å². The monoisotopic (exact) mass is 487 g/mol. The molecule has 0 aliphatic carbocycles. The molecule has 144 valence electrons. The lowest BCUT2D eigenvalue weighted by molar-refractivity contribution is 0.734. The molecule has 2 N–H and O–H groups in total. The first-order chi connectivity index (χ1) is 12.3. The summed E-state index contributed by atoms with van der Waals surface area (Å²) in [5.74, 6) is 2.12. The second-order valence-corrected chi connectivity index (χ2v) is 6.86. The number of nitrogens with zero attached hydrogens (tertiary/aromatic N) is 3. The van der Waals surface area contributed by atoms with Crippen LogP contribution >= 0.6 is 35.7 Å². The molecule has 7 heteroatoms. The van der Waals surface area contributed by atoms with Crippen molar-refractivity contribution in [3.05, 3.63) is 54.1 Å². The third-order valence-electron chi connectivity index (χ3n) is 3.75. The second-order valence-electron chi connectivity index (χ2n) is 5.88. The summed E-state index contributed by atoms with van der Waals surface area (Å²) in [5.41, 5.74) is 2.48. The van der Waals surface area contributed by atoms with Gasteiger partial charge in [-0.3, -0.25) is 0 Å². The summed E-state index contributed by atoms with van der Waals surface area (Å²) in [4.78, 5) is 8.80. The molecule has 0 bridgehead atoms. The number of hydrogen-bond acceptors (Lipinski definition) is 3. The predicted molar refractivity (Wildman–Crippen MR) is 124 cm³/mol. The van der Waals surface area contributed by atoms with Gasteiger partial charge in [0, 0.05) is 32.0 Å². The summed E-state index contributed by atoms with van der Waals surface area (Å²) in [6.07, 6.45) is 10.2. The smallest absolute Gasteiger partial charge is 0.191 e. The zero-order chi connectivity index (χ0) is 17.7. The van der Waals surface area contributed by atoms with Crippen molar-refractivity contribution in [3.63, 3.8) is 0 Å². The molecule has 2 aromatic rings. The molecule has 0 atom stereocenters. The van der Waals surface area contributed by atoms with Crippen LogP contribution in [-0.2, 0) is 13.1 Å². The molecule has 5 nitrogen and oxygen atoms in total. The summed E-state index contributed by atoms with van der Waals surface area (Å²) < 4.78 is 2.07. The van der Waals surface area contributed by atoms with Gasteiger partial charge < -0.3 is 15.2 Å². The molecule has 0 unspecified atom stereocenters. The number of thioether (sulfide) groups is 1. The normalized spacial score (nSPS) is 11.1. The Bertz CT molecular complexity index is 631. The zero-order valence-electron chi connectivity index (χ0n) is 15.6. The van der Waals surface area contributed by atoms with E-state index in [1.54, 1.807) is 0 Å². The fourth-order valence-corrected chi connectivity index (χ4v) is 3.00. The Morgan fingerprint density at radius 1 is 1.23 bits per heavy atom. The van der Waals surface area contributed by atoms with E-state index >= 15 is 0 Å². The molecule has 0 fully saturated rings. The van der Waals surface area contributed by atoms with E-state index in [2.05, 4.69) is 57.6 Å². The standard InChI is InChI=1S/C19H29N5S.HI/c1-3-21-19(22-9-4-5-12-25-2)23-14-17-7-6-8-18(13-17)15-24-11-10-20-16-24;/h6-8,10-11,13,16H,3-5,9,12,14-15H2,1-2H3,(H2,21,22,23);1H. The Labute approximate surface area is 178 Å². The van der Waals surface area contributed by atoms with Gasteiger partial charge >= 0.3 is 0 Å². The molecular weight excluding hydrogens is 457 g/mol. The van der Waals surface area contributed by atoms with Gasteiger partial charge in [0.05, 0.1) is 12.9 Å². The Balaban J connectivity index is 0.00000338. The van der Waals surface area contributed by atoms with Crippen LogP contribution in [0.1, 0.15) is 30.9 Å². The second kappa shape index (κ2) is 13.9. The van der Waals surface area contributed by atoms with Crippen LogP contribution in [0.2, 0.25) is 0 Å². The summed E-state index contributed by atoms with van der Waals surface area (Å²) >= 11 is 1.90. The first-order valence-corrected chi connectivity index (χ1v) is 10.3. The number of aliphatic imine (C=N–C) groups is 1. The van der Waals surface area contributed by atoms with Gasteiger partial charge in [-0.2, -0.15) is 11.8 Å². The van der Waals surface area contributed by atoms with E-state index in [0.717, 1.165) is 25.6 Å². The Hall–Kier alpha value is -1.22. The molecule has 1 aromatic carbocycles. The highest BCUT2D eigenvalue weighted by Crippen LogP contribution is 2.08. The minimum Gasteiger partial charge on any atom is -0.357 e. The number of halogens is 1. The third-order valence-corrected chi connectivity index (χ3v) is 4.44. The van der Waals surface area contributed by atoms with E-state index in [-0.39, 0.29) is 24.0 Å². The quantitative estimate of drug-likeness (QED) is 0.232. The Kier molecular flexibility index (Phi) is 12.2. The lowest BCUT2D eigenvalue weighted by Crippen LogP contribution is -2.37. The molecule has 0 saturated carbocycles. The number of imidazole rings is 1. The average molecular weight is 487 g/mol. The van der Waals surface area contributed by atoms with Crippen molar-refractivity contribution in [1.82, 2.24) is 20.2 Å². The third kappa shape index (κ3) is 8.93. The number of guanidine groups is 1. The SMILES string of the molecule is CCNC(=NCc1cccc(Cn2ccnc2)c1)NCCCCSC.I. The maximum absolute atomic E-state index is 4.71. The minimum absolute atomic E-state index is 0. The number of hydrogen-bond donors (Lipinski definition) is 2. The van der Waals surface area contributed by atoms with E-state index in [1.807, 2.05) is 30.5 Å². The Morgan fingerprint density at radius 2 is 2.08 bits per heavy atom. The first-order valence-electron chi connectivity index (χ1n) is 8.86. The average Bonchev–Trinajstić information content (AvgIpc) is 3.13. The van der Waals surface area contributed by atoms with Crippen LogP contribution in [0, 0.1) is 0 Å². The van der Waals surface area contributed by atoms with Crippen molar-refractivity contribution in [2.45, 2.75) is 32.9 Å². The maximum Gasteiger partial charge on any atom is 0.191 e.